The van der Waals surface area contributed by atoms with Gasteiger partial charge in [0.15, 0.2) is 17.4 Å². The van der Waals surface area contributed by atoms with Crippen LogP contribution in [0.25, 0.3) is 11.0 Å². The Balaban J connectivity index is 1.64. The second kappa shape index (κ2) is 15.1. The summed E-state index contributed by atoms with van der Waals surface area (Å²) in [7, 11) is 0. The number of carbonyl (C=O) groups is 4. The van der Waals surface area contributed by atoms with Crippen LogP contribution in [0.5, 0.6) is 5.75 Å². The van der Waals surface area contributed by atoms with Crippen molar-refractivity contribution in [3.05, 3.63) is 54.1 Å². The average Bonchev–Trinajstić information content (AvgIpc) is 3.30. The number of fused-ring (bicyclic) bond motifs is 1. The van der Waals surface area contributed by atoms with Crippen LogP contribution in [0.15, 0.2) is 53.7 Å². The third-order valence-corrected chi connectivity index (χ3v) is 7.89. The van der Waals surface area contributed by atoms with Crippen molar-refractivity contribution in [2.24, 2.45) is 0 Å². The maximum Gasteiger partial charge on any atom is 0.303 e. The molecule has 1 aromatic heterocycles. The molecular formula is C31H37N3O9S. The fourth-order valence-electron chi connectivity index (χ4n) is 4.90. The van der Waals surface area contributed by atoms with Crippen LogP contribution in [0, 0.1) is 6.92 Å². The first-order valence-electron chi connectivity index (χ1n) is 14.2. The summed E-state index contributed by atoms with van der Waals surface area (Å²) < 4.78 is 30.7. The minimum atomic E-state index is -1.16. The van der Waals surface area contributed by atoms with Crippen LogP contribution in [-0.2, 0) is 44.7 Å². The van der Waals surface area contributed by atoms with Gasteiger partial charge in [-0.3, -0.25) is 19.2 Å². The summed E-state index contributed by atoms with van der Waals surface area (Å²) in [6.45, 7) is 7.75. The molecule has 1 aliphatic heterocycles. The van der Waals surface area contributed by atoms with Gasteiger partial charge in [-0.2, -0.15) is 0 Å². The van der Waals surface area contributed by atoms with Gasteiger partial charge in [0.2, 0.25) is 5.91 Å². The number of para-hydroxylation sites is 2. The number of hydrogen-bond acceptors (Lipinski definition) is 11. The molecule has 0 saturated carbocycles. The largest absolute Gasteiger partial charge is 0.494 e. The molecule has 236 valence electrons. The Bertz CT molecular complexity index is 1480. The molecule has 2 aromatic carbocycles. The molecule has 44 heavy (non-hydrogen) atoms. The van der Waals surface area contributed by atoms with Crippen molar-refractivity contribution in [3.8, 4) is 5.75 Å². The van der Waals surface area contributed by atoms with E-state index in [2.05, 4.69) is 5.32 Å². The SMILES string of the molecule is CC(=O)N[C@H]1[C@@H](OC(C)=O)[C@@H](OC(C)=O)[C@@H](COC(C)=O)O[C@H]1Sc1nc2ccccc2n1CCCOc1ccc(C)cc1. The van der Waals surface area contributed by atoms with E-state index in [1.165, 1.54) is 39.5 Å². The summed E-state index contributed by atoms with van der Waals surface area (Å²) in [5, 5.41) is 3.39. The number of nitrogens with zero attached hydrogens (tertiary/aromatic N) is 2. The molecule has 1 saturated heterocycles. The van der Waals surface area contributed by atoms with Crippen LogP contribution in [0.2, 0.25) is 0 Å². The van der Waals surface area contributed by atoms with Crippen LogP contribution >= 0.6 is 11.8 Å². The predicted molar refractivity (Wildman–Crippen MR) is 161 cm³/mol. The van der Waals surface area contributed by atoms with E-state index in [1.807, 2.05) is 60.0 Å². The molecule has 1 amide bonds. The standard InChI is InChI=1S/C31H37N3O9S/c1-18-11-13-23(14-12-18)39-16-8-15-34-25-10-7-6-9-24(25)33-31(34)44-30-27(32-19(2)35)29(42-22(5)38)28(41-21(4)37)26(43-30)17-40-20(3)36/h6-7,9-14,26-30H,8,15-17H2,1-5H3,(H,32,35)/t26-,27+,28+,29-,30+/m1/s1. The number of thioether (sulfide) groups is 1. The van der Waals surface area contributed by atoms with Gasteiger partial charge < -0.3 is 33.6 Å². The highest BCUT2D eigenvalue weighted by Gasteiger charge is 2.51. The molecule has 12 nitrogen and oxygen atoms in total. The topological polar surface area (TPSA) is 144 Å². The van der Waals surface area contributed by atoms with Crippen LogP contribution in [0.1, 0.15) is 39.7 Å². The van der Waals surface area contributed by atoms with E-state index in [1.54, 1.807) is 0 Å². The van der Waals surface area contributed by atoms with Crippen LogP contribution in [0.3, 0.4) is 0 Å². The minimum absolute atomic E-state index is 0.276. The summed E-state index contributed by atoms with van der Waals surface area (Å²) >= 11 is 1.21. The average molecular weight is 628 g/mol. The first kappa shape index (κ1) is 32.8. The molecule has 0 bridgehead atoms. The molecule has 0 spiro atoms. The van der Waals surface area contributed by atoms with Crippen molar-refractivity contribution in [2.45, 2.75) is 82.5 Å². The Morgan fingerprint density at radius 2 is 1.61 bits per heavy atom. The normalized spacial score (nSPS) is 21.3. The molecule has 3 aromatic rings. The maximum atomic E-state index is 12.4. The second-order valence-corrected chi connectivity index (χ2v) is 11.5. The number of imidazole rings is 1. The molecule has 2 heterocycles. The number of rotatable bonds is 12. The number of aryl methyl sites for hydroxylation is 2. The number of carbonyl (C=O) groups excluding carboxylic acids is 4. The highest BCUT2D eigenvalue weighted by Crippen LogP contribution is 2.37. The number of amides is 1. The third kappa shape index (κ3) is 8.73. The van der Waals surface area contributed by atoms with Crippen LogP contribution in [-0.4, -0.2) is 76.4 Å². The zero-order valence-electron chi connectivity index (χ0n) is 25.3. The van der Waals surface area contributed by atoms with Crippen molar-refractivity contribution in [1.82, 2.24) is 14.9 Å². The highest BCUT2D eigenvalue weighted by atomic mass is 32.2. The highest BCUT2D eigenvalue weighted by molar-refractivity contribution is 7.99. The van der Waals surface area contributed by atoms with Gasteiger partial charge in [0.05, 0.1) is 17.6 Å². The van der Waals surface area contributed by atoms with Gasteiger partial charge in [-0.15, -0.1) is 0 Å². The van der Waals surface area contributed by atoms with E-state index in [0.717, 1.165) is 22.3 Å². The lowest BCUT2D eigenvalue weighted by molar-refractivity contribution is -0.211. The van der Waals surface area contributed by atoms with E-state index in [9.17, 15) is 19.2 Å². The second-order valence-electron chi connectivity index (χ2n) is 10.4. The molecular weight excluding hydrogens is 590 g/mol. The van der Waals surface area contributed by atoms with Gasteiger partial charge >= 0.3 is 17.9 Å². The number of esters is 3. The van der Waals surface area contributed by atoms with Gasteiger partial charge in [-0.05, 0) is 37.6 Å². The lowest BCUT2D eigenvalue weighted by Crippen LogP contribution is -2.65. The van der Waals surface area contributed by atoms with Gasteiger partial charge in [-0.1, -0.05) is 41.6 Å². The lowest BCUT2D eigenvalue weighted by atomic mass is 9.97. The van der Waals surface area contributed by atoms with E-state index in [4.69, 9.17) is 28.7 Å². The molecule has 13 heteroatoms. The monoisotopic (exact) mass is 627 g/mol. The summed E-state index contributed by atoms with van der Waals surface area (Å²) in [6, 6.07) is 14.6. The van der Waals surface area contributed by atoms with Crippen molar-refractivity contribution >= 4 is 46.6 Å². The van der Waals surface area contributed by atoms with Gasteiger partial charge in [0, 0.05) is 34.2 Å². The van der Waals surface area contributed by atoms with Crippen LogP contribution in [0.4, 0.5) is 0 Å². The van der Waals surface area contributed by atoms with Gasteiger partial charge in [-0.25, -0.2) is 4.98 Å². The summed E-state index contributed by atoms with van der Waals surface area (Å²) in [5.74, 6) is -1.51. The minimum Gasteiger partial charge on any atom is -0.494 e. The third-order valence-electron chi connectivity index (χ3n) is 6.73. The quantitative estimate of drug-likeness (QED) is 0.179. The molecule has 1 aliphatic rings. The number of ether oxygens (including phenoxy) is 5. The molecule has 5 atom stereocenters. The van der Waals surface area contributed by atoms with E-state index in [0.29, 0.717) is 24.7 Å². The molecule has 1 N–H and O–H groups in total. The Morgan fingerprint density at radius 1 is 0.932 bits per heavy atom. The number of nitrogens with one attached hydrogen (secondary N) is 1. The van der Waals surface area contributed by atoms with E-state index < -0.39 is 53.6 Å². The lowest BCUT2D eigenvalue weighted by Gasteiger charge is -2.44. The van der Waals surface area contributed by atoms with Crippen LogP contribution < -0.4 is 10.1 Å². The predicted octanol–water partition coefficient (Wildman–Crippen LogP) is 3.56. The van der Waals surface area contributed by atoms with Crippen molar-refractivity contribution in [3.63, 3.8) is 0 Å². The maximum absolute atomic E-state index is 12.4. The number of benzene rings is 2. The van der Waals surface area contributed by atoms with Crippen molar-refractivity contribution in [2.75, 3.05) is 13.2 Å². The molecule has 0 radical (unpaired) electrons. The fraction of sp³-hybridized carbons (Fsp3) is 0.452. The zero-order chi connectivity index (χ0) is 31.8. The summed E-state index contributed by atoms with van der Waals surface area (Å²) in [5.41, 5.74) is 1.92. The smallest absolute Gasteiger partial charge is 0.303 e. The van der Waals surface area contributed by atoms with E-state index in [-0.39, 0.29) is 6.61 Å². The van der Waals surface area contributed by atoms with Gasteiger partial charge in [0.1, 0.15) is 29.9 Å². The van der Waals surface area contributed by atoms with Crippen molar-refractivity contribution in [1.29, 1.82) is 0 Å². The molecule has 0 unspecified atom stereocenters. The molecule has 4 rings (SSSR count). The molecule has 0 aliphatic carbocycles. The van der Waals surface area contributed by atoms with Crippen molar-refractivity contribution < 1.29 is 42.9 Å². The summed E-state index contributed by atoms with van der Waals surface area (Å²) in [4.78, 5) is 53.1. The fourth-order valence-corrected chi connectivity index (χ4v) is 6.15. The molecule has 1 fully saturated rings. The first-order valence-corrected chi connectivity index (χ1v) is 15.1. The number of hydrogen-bond donors (Lipinski definition) is 1. The van der Waals surface area contributed by atoms with Gasteiger partial charge in [0.25, 0.3) is 0 Å². The Morgan fingerprint density at radius 3 is 2.27 bits per heavy atom. The van der Waals surface area contributed by atoms with E-state index >= 15 is 0 Å². The first-order chi connectivity index (χ1) is 21.0. The Labute approximate surface area is 259 Å². The summed E-state index contributed by atoms with van der Waals surface area (Å²) in [6.07, 6.45) is -2.65. The Kier molecular flexibility index (Phi) is 11.2. The number of aromatic nitrogens is 2. The Hall–Kier alpha value is -4.10. The zero-order valence-corrected chi connectivity index (χ0v) is 26.1.